The fourth-order valence-electron chi connectivity index (χ4n) is 3.51. The highest BCUT2D eigenvalue weighted by molar-refractivity contribution is 5.87. The van der Waals surface area contributed by atoms with Crippen LogP contribution in [0.4, 0.5) is 0 Å². The van der Waals surface area contributed by atoms with Crippen LogP contribution in [0, 0.1) is 0 Å². The van der Waals surface area contributed by atoms with Gasteiger partial charge in [-0.3, -0.25) is 9.59 Å². The number of ether oxygens (including phenoxy) is 3. The van der Waals surface area contributed by atoms with Crippen LogP contribution in [0.15, 0.2) is 42.5 Å². The van der Waals surface area contributed by atoms with Crippen molar-refractivity contribution >= 4 is 11.8 Å². The van der Waals surface area contributed by atoms with Gasteiger partial charge in [0.1, 0.15) is 11.8 Å². The summed E-state index contributed by atoms with van der Waals surface area (Å²) in [4.78, 5) is 27.7. The lowest BCUT2D eigenvalue weighted by atomic mass is 10.1. The molecule has 0 spiro atoms. The third-order valence-electron chi connectivity index (χ3n) is 5.72. The van der Waals surface area contributed by atoms with Gasteiger partial charge in [-0.1, -0.05) is 25.1 Å². The maximum Gasteiger partial charge on any atom is 0.242 e. The van der Waals surface area contributed by atoms with Gasteiger partial charge in [0.25, 0.3) is 0 Å². The molecule has 0 saturated carbocycles. The quantitative estimate of drug-likeness (QED) is 0.610. The first-order chi connectivity index (χ1) is 15.4. The number of fused-ring (bicyclic) bond motifs is 1. The number of aryl methyl sites for hydroxylation is 1. The molecule has 2 aromatic rings. The highest BCUT2D eigenvalue weighted by Crippen LogP contribution is 2.32. The second-order valence-electron chi connectivity index (χ2n) is 8.05. The Morgan fingerprint density at radius 2 is 1.88 bits per heavy atom. The topological polar surface area (TPSA) is 77.1 Å². The molecule has 7 heteroatoms. The van der Waals surface area contributed by atoms with Crippen molar-refractivity contribution in [2.24, 2.45) is 0 Å². The molecule has 0 aliphatic carbocycles. The average Bonchev–Trinajstić information content (AvgIpc) is 3.28. The van der Waals surface area contributed by atoms with E-state index in [0.29, 0.717) is 24.5 Å². The van der Waals surface area contributed by atoms with Crippen LogP contribution in [-0.2, 0) is 22.6 Å². The lowest BCUT2D eigenvalue weighted by Crippen LogP contribution is -2.49. The normalized spacial score (nSPS) is 13.9. The number of nitrogens with one attached hydrogen (secondary N) is 1. The molecule has 2 aromatic carbocycles. The number of benzene rings is 2. The number of rotatable bonds is 10. The molecule has 32 heavy (non-hydrogen) atoms. The monoisotopic (exact) mass is 440 g/mol. The van der Waals surface area contributed by atoms with Crippen molar-refractivity contribution in [1.82, 2.24) is 10.2 Å². The second-order valence-corrected chi connectivity index (χ2v) is 8.05. The van der Waals surface area contributed by atoms with Crippen molar-refractivity contribution in [3.63, 3.8) is 0 Å². The van der Waals surface area contributed by atoms with Crippen molar-refractivity contribution in [3.05, 3.63) is 53.6 Å². The van der Waals surface area contributed by atoms with E-state index in [2.05, 4.69) is 5.32 Å². The van der Waals surface area contributed by atoms with Gasteiger partial charge in [-0.25, -0.2) is 0 Å². The Morgan fingerprint density at radius 3 is 2.62 bits per heavy atom. The van der Waals surface area contributed by atoms with Crippen LogP contribution < -0.4 is 19.5 Å². The van der Waals surface area contributed by atoms with Crippen molar-refractivity contribution in [3.8, 4) is 17.2 Å². The van der Waals surface area contributed by atoms with Gasteiger partial charge in [0, 0.05) is 19.0 Å². The molecule has 0 fully saturated rings. The Balaban J connectivity index is 1.73. The lowest BCUT2D eigenvalue weighted by Gasteiger charge is -2.30. The predicted octanol–water partition coefficient (Wildman–Crippen LogP) is 3.69. The highest BCUT2D eigenvalue weighted by Gasteiger charge is 2.27. The third kappa shape index (κ3) is 5.93. The van der Waals surface area contributed by atoms with E-state index in [1.165, 1.54) is 0 Å². The molecule has 1 aliphatic heterocycles. The Hall–Kier alpha value is -3.22. The largest absolute Gasteiger partial charge is 0.497 e. The summed E-state index contributed by atoms with van der Waals surface area (Å²) in [6.45, 7) is 6.29. The molecule has 2 amide bonds. The van der Waals surface area contributed by atoms with E-state index in [1.54, 1.807) is 18.9 Å². The number of nitrogens with zero attached hydrogens (tertiary/aromatic N) is 1. The molecule has 7 nitrogen and oxygen atoms in total. The first-order valence-corrected chi connectivity index (χ1v) is 11.0. The number of hydrogen-bond acceptors (Lipinski definition) is 5. The van der Waals surface area contributed by atoms with Crippen LogP contribution in [0.5, 0.6) is 17.2 Å². The lowest BCUT2D eigenvalue weighted by molar-refractivity contribution is -0.140. The van der Waals surface area contributed by atoms with E-state index in [1.807, 2.05) is 56.3 Å². The molecule has 0 unspecified atom stereocenters. The summed E-state index contributed by atoms with van der Waals surface area (Å²) >= 11 is 0. The Labute approximate surface area is 189 Å². The molecule has 1 N–H and O–H groups in total. The summed E-state index contributed by atoms with van der Waals surface area (Å²) in [7, 11) is 1.61. The van der Waals surface area contributed by atoms with Gasteiger partial charge >= 0.3 is 0 Å². The molecule has 3 rings (SSSR count). The Kier molecular flexibility index (Phi) is 7.98. The van der Waals surface area contributed by atoms with Gasteiger partial charge in [0.15, 0.2) is 11.5 Å². The Morgan fingerprint density at radius 1 is 1.09 bits per heavy atom. The number of amides is 2. The zero-order chi connectivity index (χ0) is 23.1. The van der Waals surface area contributed by atoms with Crippen molar-refractivity contribution < 1.29 is 23.8 Å². The zero-order valence-electron chi connectivity index (χ0n) is 19.2. The van der Waals surface area contributed by atoms with E-state index in [0.717, 1.165) is 23.3 Å². The second kappa shape index (κ2) is 10.9. The average molecular weight is 441 g/mol. The molecular weight excluding hydrogens is 408 g/mol. The molecule has 1 aliphatic rings. The summed E-state index contributed by atoms with van der Waals surface area (Å²) in [5, 5.41) is 2.99. The summed E-state index contributed by atoms with van der Waals surface area (Å²) in [6.07, 6.45) is 1.65. The van der Waals surface area contributed by atoms with Crippen LogP contribution in [0.1, 0.15) is 44.7 Å². The van der Waals surface area contributed by atoms with Gasteiger partial charge in [0.05, 0.1) is 7.11 Å². The molecule has 0 saturated heterocycles. The van der Waals surface area contributed by atoms with Crippen LogP contribution in [0.25, 0.3) is 0 Å². The molecule has 1 heterocycles. The van der Waals surface area contributed by atoms with Gasteiger partial charge in [0.2, 0.25) is 18.6 Å². The predicted molar refractivity (Wildman–Crippen MR) is 122 cm³/mol. The number of carbonyl (C=O) groups excluding carboxylic acids is 2. The molecule has 0 bridgehead atoms. The van der Waals surface area contributed by atoms with Gasteiger partial charge in [-0.2, -0.15) is 0 Å². The fourth-order valence-corrected chi connectivity index (χ4v) is 3.51. The number of carbonyl (C=O) groups is 2. The smallest absolute Gasteiger partial charge is 0.242 e. The summed E-state index contributed by atoms with van der Waals surface area (Å²) in [5.41, 5.74) is 1.89. The minimum absolute atomic E-state index is 0.0485. The van der Waals surface area contributed by atoms with Gasteiger partial charge in [-0.05, 0) is 62.1 Å². The van der Waals surface area contributed by atoms with E-state index in [-0.39, 0.29) is 31.1 Å². The van der Waals surface area contributed by atoms with Crippen LogP contribution >= 0.6 is 0 Å². The van der Waals surface area contributed by atoms with Crippen molar-refractivity contribution in [1.29, 1.82) is 0 Å². The third-order valence-corrected chi connectivity index (χ3v) is 5.72. The van der Waals surface area contributed by atoms with Crippen molar-refractivity contribution in [2.45, 2.75) is 58.7 Å². The van der Waals surface area contributed by atoms with Crippen LogP contribution in [-0.4, -0.2) is 42.7 Å². The molecule has 0 aromatic heterocycles. The molecule has 172 valence electrons. The minimum atomic E-state index is -0.598. The minimum Gasteiger partial charge on any atom is -0.497 e. The first kappa shape index (κ1) is 23.4. The summed E-state index contributed by atoms with van der Waals surface area (Å²) < 4.78 is 16.1. The van der Waals surface area contributed by atoms with Crippen LogP contribution in [0.2, 0.25) is 0 Å². The highest BCUT2D eigenvalue weighted by atomic mass is 16.7. The number of hydrogen-bond donors (Lipinski definition) is 1. The summed E-state index contributed by atoms with van der Waals surface area (Å²) in [6, 6.07) is 12.7. The fraction of sp³-hybridized carbons (Fsp3) is 0.440. The van der Waals surface area contributed by atoms with Gasteiger partial charge < -0.3 is 24.4 Å². The standard InChI is InChI=1S/C25H32N2O5/c1-5-17(2)26-25(29)18(3)27(15-20-7-6-8-21(13-20)30-4)24(28)12-10-19-9-11-22-23(14-19)32-16-31-22/h6-9,11,13-14,17-18H,5,10,12,15-16H2,1-4H3,(H,26,29)/t17-,18+/m0/s1. The van der Waals surface area contributed by atoms with Crippen LogP contribution in [0.3, 0.4) is 0 Å². The molecule has 2 atom stereocenters. The molecular formula is C25H32N2O5. The maximum absolute atomic E-state index is 13.3. The van der Waals surface area contributed by atoms with E-state index >= 15 is 0 Å². The maximum atomic E-state index is 13.3. The Bertz CT molecular complexity index is 946. The van der Waals surface area contributed by atoms with E-state index < -0.39 is 6.04 Å². The SMILES string of the molecule is CC[C@H](C)NC(=O)[C@@H](C)N(Cc1cccc(OC)c1)C(=O)CCc1ccc2c(c1)OCO2. The number of methoxy groups -OCH3 is 1. The van der Waals surface area contributed by atoms with Gasteiger partial charge in [-0.15, -0.1) is 0 Å². The van der Waals surface area contributed by atoms with E-state index in [9.17, 15) is 9.59 Å². The summed E-state index contributed by atoms with van der Waals surface area (Å²) in [5.74, 6) is 1.89. The molecule has 0 radical (unpaired) electrons. The van der Waals surface area contributed by atoms with Crippen molar-refractivity contribution in [2.75, 3.05) is 13.9 Å². The zero-order valence-corrected chi connectivity index (χ0v) is 19.2. The van der Waals surface area contributed by atoms with E-state index in [4.69, 9.17) is 14.2 Å². The first-order valence-electron chi connectivity index (χ1n) is 11.0.